The number of hydrogen-bond donors (Lipinski definition) is 7. The molecule has 0 aromatic rings. The van der Waals surface area contributed by atoms with Crippen molar-refractivity contribution in [2.45, 2.75) is 188 Å². The molecule has 7 nitrogen and oxygen atoms in total. The number of aliphatic hydroxyl groups excluding tert-OH is 2. The molecule has 51 heavy (non-hydrogen) atoms. The first kappa shape index (κ1) is 38.4. The van der Waals surface area contributed by atoms with Crippen LogP contribution in [0.3, 0.4) is 0 Å². The highest BCUT2D eigenvalue weighted by Gasteiger charge is 2.43. The van der Waals surface area contributed by atoms with E-state index < -0.39 is 0 Å². The van der Waals surface area contributed by atoms with Gasteiger partial charge in [-0.1, -0.05) is 63.8 Å². The van der Waals surface area contributed by atoms with E-state index in [4.69, 9.17) is 0 Å². The lowest BCUT2D eigenvalue weighted by Gasteiger charge is -2.28. The Morgan fingerprint density at radius 1 is 0.529 bits per heavy atom. The molecule has 6 aliphatic rings. The second kappa shape index (κ2) is 16.8. The van der Waals surface area contributed by atoms with Crippen molar-refractivity contribution in [1.29, 1.82) is 0 Å². The van der Waals surface area contributed by atoms with Gasteiger partial charge in [0.1, 0.15) is 0 Å². The number of fused-ring (bicyclic) bond motifs is 10. The molecule has 7 N–H and O–H groups in total. The van der Waals surface area contributed by atoms with E-state index in [-0.39, 0.29) is 19.3 Å². The molecular formula is C44H71N5O2. The Hall–Kier alpha value is -2.32. The molecule has 0 saturated carbocycles. The average molecular weight is 702 g/mol. The molecule has 6 aliphatic heterocycles. The Kier molecular flexibility index (Phi) is 12.6. The van der Waals surface area contributed by atoms with Gasteiger partial charge >= 0.3 is 0 Å². The summed E-state index contributed by atoms with van der Waals surface area (Å²) in [6.45, 7) is 19.3. The maximum absolute atomic E-state index is 9.93. The summed E-state index contributed by atoms with van der Waals surface area (Å²) >= 11 is 0. The molecule has 8 atom stereocenters. The molecule has 284 valence electrons. The predicted molar refractivity (Wildman–Crippen MR) is 212 cm³/mol. The van der Waals surface area contributed by atoms with Gasteiger partial charge in [0.05, 0.1) is 11.4 Å². The molecule has 7 heteroatoms. The number of aliphatic hydroxyl groups is 2. The van der Waals surface area contributed by atoms with Crippen LogP contribution in [0.15, 0.2) is 67.2 Å². The second-order valence-corrected chi connectivity index (χ2v) is 16.2. The summed E-state index contributed by atoms with van der Waals surface area (Å²) < 4.78 is 0. The Morgan fingerprint density at radius 2 is 1.02 bits per heavy atom. The van der Waals surface area contributed by atoms with Crippen LogP contribution in [0.25, 0.3) is 0 Å². The van der Waals surface area contributed by atoms with Gasteiger partial charge in [0.15, 0.2) is 0 Å². The Balaban J connectivity index is 1.46. The van der Waals surface area contributed by atoms with E-state index in [1.807, 2.05) is 0 Å². The zero-order chi connectivity index (χ0) is 36.4. The molecule has 0 amide bonds. The molecule has 0 spiro atoms. The van der Waals surface area contributed by atoms with Crippen LogP contribution in [0.2, 0.25) is 0 Å². The normalized spacial score (nSPS) is 32.6. The van der Waals surface area contributed by atoms with Crippen LogP contribution >= 0.6 is 0 Å². The van der Waals surface area contributed by atoms with Gasteiger partial charge in [-0.25, -0.2) is 0 Å². The molecular weight excluding hydrogens is 631 g/mol. The van der Waals surface area contributed by atoms with Crippen molar-refractivity contribution in [2.24, 2.45) is 5.92 Å². The van der Waals surface area contributed by atoms with Crippen molar-refractivity contribution in [3.05, 3.63) is 67.2 Å². The molecule has 0 saturated heterocycles. The molecule has 0 aromatic carbocycles. The fourth-order valence-corrected chi connectivity index (χ4v) is 11.3. The van der Waals surface area contributed by atoms with E-state index >= 15 is 0 Å². The third kappa shape index (κ3) is 7.18. The minimum Gasteiger partial charge on any atom is -0.396 e. The minimum atomic E-state index is 0.237. The monoisotopic (exact) mass is 702 g/mol. The van der Waals surface area contributed by atoms with Gasteiger partial charge in [0, 0.05) is 73.5 Å². The average Bonchev–Trinajstić information content (AvgIpc) is 3.90. The van der Waals surface area contributed by atoms with E-state index in [1.165, 1.54) is 50.5 Å². The van der Waals surface area contributed by atoms with Crippen LogP contribution in [-0.4, -0.2) is 65.7 Å². The van der Waals surface area contributed by atoms with Crippen molar-refractivity contribution in [3.8, 4) is 0 Å². The quantitative estimate of drug-likeness (QED) is 0.106. The number of rotatable bonds is 12. The van der Waals surface area contributed by atoms with Crippen molar-refractivity contribution in [1.82, 2.24) is 26.6 Å². The van der Waals surface area contributed by atoms with Gasteiger partial charge in [-0.3, -0.25) is 0 Å². The van der Waals surface area contributed by atoms with Crippen molar-refractivity contribution in [2.75, 3.05) is 13.2 Å². The van der Waals surface area contributed by atoms with E-state index in [0.29, 0.717) is 42.2 Å². The molecule has 10 bridgehead atoms. The lowest BCUT2D eigenvalue weighted by atomic mass is 9.84. The molecule has 6 rings (SSSR count). The van der Waals surface area contributed by atoms with Crippen molar-refractivity contribution < 1.29 is 10.2 Å². The zero-order valence-electron chi connectivity index (χ0n) is 33.3. The van der Waals surface area contributed by atoms with Crippen LogP contribution in [-0.2, 0) is 0 Å². The summed E-state index contributed by atoms with van der Waals surface area (Å²) in [5.41, 5.74) is 18.1. The number of allylic oxidation sites excluding steroid dienone is 2. The van der Waals surface area contributed by atoms with Gasteiger partial charge in [-0.15, -0.1) is 0 Å². The minimum absolute atomic E-state index is 0.237. The Morgan fingerprint density at radius 3 is 1.47 bits per heavy atom. The number of hydrogen-bond acceptors (Lipinski definition) is 7. The predicted octanol–water partition coefficient (Wildman–Crippen LogP) is 7.47. The highest BCUT2D eigenvalue weighted by Crippen LogP contribution is 2.44. The van der Waals surface area contributed by atoms with Crippen LogP contribution in [0.5, 0.6) is 0 Å². The summed E-state index contributed by atoms with van der Waals surface area (Å²) in [6, 6.07) is 2.28. The van der Waals surface area contributed by atoms with Gasteiger partial charge in [-0.05, 0) is 125 Å². The second-order valence-electron chi connectivity index (χ2n) is 16.2. The topological polar surface area (TPSA) is 101 Å². The fraction of sp³-hybridized carbons (Fsp3) is 0.727. The smallest absolute Gasteiger partial charge is 0.0616 e. The van der Waals surface area contributed by atoms with Crippen LogP contribution < -0.4 is 26.6 Å². The van der Waals surface area contributed by atoms with Gasteiger partial charge < -0.3 is 36.8 Å². The zero-order valence-corrected chi connectivity index (χ0v) is 33.3. The maximum atomic E-state index is 9.93. The van der Waals surface area contributed by atoms with Gasteiger partial charge in [0.2, 0.25) is 0 Å². The maximum Gasteiger partial charge on any atom is 0.0616 e. The molecule has 0 radical (unpaired) electrons. The third-order valence-electron chi connectivity index (χ3n) is 13.8. The van der Waals surface area contributed by atoms with Crippen LogP contribution in [0.4, 0.5) is 0 Å². The SMILES string of the molecule is CCC1=C(CC)C2CC3NC(CC4=C(CC)C(CC)C(CC5NC(CC6NC(=C1N2)C(CC)=C6CC)C(C)=C5CCCO)N4)C(CCCO)=C3C. The first-order chi connectivity index (χ1) is 24.8. The third-order valence-corrected chi connectivity index (χ3v) is 13.8. The first-order valence-corrected chi connectivity index (χ1v) is 21.1. The molecule has 0 aliphatic carbocycles. The van der Waals surface area contributed by atoms with Crippen molar-refractivity contribution in [3.63, 3.8) is 0 Å². The fourth-order valence-electron chi connectivity index (χ4n) is 11.3. The lowest BCUT2D eigenvalue weighted by molar-refractivity contribution is 0.286. The molecule has 0 aromatic heterocycles. The summed E-state index contributed by atoms with van der Waals surface area (Å²) in [6.07, 6.45) is 14.2. The first-order valence-electron chi connectivity index (χ1n) is 21.1. The summed E-state index contributed by atoms with van der Waals surface area (Å²) in [7, 11) is 0. The van der Waals surface area contributed by atoms with E-state index in [1.54, 1.807) is 16.7 Å². The van der Waals surface area contributed by atoms with Crippen LogP contribution in [0.1, 0.15) is 145 Å². The van der Waals surface area contributed by atoms with Crippen LogP contribution in [0, 0.1) is 5.92 Å². The molecule has 8 unspecified atom stereocenters. The highest BCUT2D eigenvalue weighted by atomic mass is 16.3. The Labute approximate surface area is 310 Å². The highest BCUT2D eigenvalue weighted by molar-refractivity contribution is 5.55. The standard InChI is InChI=1S/C44H71N5O2/c1-9-27-28(10-2)38-24-42-34(18-16-20-51)26(8)36(46-42)22-40-30(12-4)32(14-6)44(49-40)43-31(13-5)29(11-3)39(48-43)21-35-25(7)33(17-15-19-50)41(45-35)23-37(27)47-38/h27,35-37,39-42,45-51H,9-24H2,1-8H3. The van der Waals surface area contributed by atoms with E-state index in [0.717, 1.165) is 89.9 Å². The van der Waals surface area contributed by atoms with Gasteiger partial charge in [-0.2, -0.15) is 0 Å². The Bertz CT molecular complexity index is 1500. The molecule has 6 heterocycles. The summed E-state index contributed by atoms with van der Waals surface area (Å²) in [5.74, 6) is 0.538. The van der Waals surface area contributed by atoms with E-state index in [2.05, 4.69) is 82.0 Å². The van der Waals surface area contributed by atoms with Crippen molar-refractivity contribution >= 4 is 0 Å². The summed E-state index contributed by atoms with van der Waals surface area (Å²) in [4.78, 5) is 0. The summed E-state index contributed by atoms with van der Waals surface area (Å²) in [5, 5.41) is 40.8. The largest absolute Gasteiger partial charge is 0.396 e. The van der Waals surface area contributed by atoms with E-state index in [9.17, 15) is 10.2 Å². The van der Waals surface area contributed by atoms with Gasteiger partial charge in [0.25, 0.3) is 0 Å². The number of nitrogens with one attached hydrogen (secondary N) is 5. The lowest BCUT2D eigenvalue weighted by Crippen LogP contribution is -2.42. The molecule has 0 fully saturated rings.